The van der Waals surface area contributed by atoms with E-state index in [0.29, 0.717) is 19.6 Å². The summed E-state index contributed by atoms with van der Waals surface area (Å²) < 4.78 is 0. The molecule has 3 unspecified atom stereocenters. The van der Waals surface area contributed by atoms with Gasteiger partial charge in [-0.1, -0.05) is 44.2 Å². The second-order valence-corrected chi connectivity index (χ2v) is 8.08. The number of nitrogens with one attached hydrogen (secondary N) is 2. The molecule has 0 aliphatic carbocycles. The zero-order valence-corrected chi connectivity index (χ0v) is 16.9. The zero-order valence-electron chi connectivity index (χ0n) is 16.9. The smallest absolute Gasteiger partial charge is 0.241 e. The molecule has 0 spiro atoms. The van der Waals surface area contributed by atoms with Gasteiger partial charge in [0.1, 0.15) is 6.04 Å². The van der Waals surface area contributed by atoms with E-state index in [9.17, 15) is 15.0 Å². The average molecular weight is 391 g/mol. The van der Waals surface area contributed by atoms with Crippen molar-refractivity contribution in [1.29, 1.82) is 0 Å². The van der Waals surface area contributed by atoms with Crippen LogP contribution in [0.3, 0.4) is 0 Å². The lowest BCUT2D eigenvalue weighted by Gasteiger charge is -2.26. The van der Waals surface area contributed by atoms with Gasteiger partial charge in [0.25, 0.3) is 0 Å². The highest BCUT2D eigenvalue weighted by Crippen LogP contribution is 2.31. The number of nitrogens with zero attached hydrogens (tertiary/aromatic N) is 2. The summed E-state index contributed by atoms with van der Waals surface area (Å²) in [5.74, 6) is 0.550. The fraction of sp³-hybridized carbons (Fsp3) is 0.667. The summed E-state index contributed by atoms with van der Waals surface area (Å²) in [7, 11) is 0. The highest BCUT2D eigenvalue weighted by atomic mass is 16.3. The van der Waals surface area contributed by atoms with Crippen LogP contribution in [0.15, 0.2) is 30.3 Å². The number of hydrazine groups is 1. The Morgan fingerprint density at radius 1 is 1.18 bits per heavy atom. The molecule has 5 atom stereocenters. The van der Waals surface area contributed by atoms with Gasteiger partial charge in [0.15, 0.2) is 0 Å². The van der Waals surface area contributed by atoms with Crippen molar-refractivity contribution in [3.8, 4) is 0 Å². The first-order chi connectivity index (χ1) is 13.6. The quantitative estimate of drug-likeness (QED) is 0.508. The van der Waals surface area contributed by atoms with Crippen LogP contribution in [0.4, 0.5) is 0 Å². The van der Waals surface area contributed by atoms with Crippen molar-refractivity contribution < 1.29 is 15.0 Å². The largest absolute Gasteiger partial charge is 0.396 e. The normalized spacial score (nSPS) is 30.3. The van der Waals surface area contributed by atoms with E-state index >= 15 is 0 Å². The molecule has 7 nitrogen and oxygen atoms in total. The summed E-state index contributed by atoms with van der Waals surface area (Å²) in [6.07, 6.45) is 0. The maximum atomic E-state index is 13.2. The van der Waals surface area contributed by atoms with Gasteiger partial charge in [-0.2, -0.15) is 0 Å². The van der Waals surface area contributed by atoms with Crippen molar-refractivity contribution in [1.82, 2.24) is 20.7 Å². The molecule has 0 radical (unpaired) electrons. The van der Waals surface area contributed by atoms with E-state index in [1.54, 1.807) is 0 Å². The maximum Gasteiger partial charge on any atom is 0.241 e. The highest BCUT2D eigenvalue weighted by molar-refractivity contribution is 5.83. The van der Waals surface area contributed by atoms with Crippen molar-refractivity contribution in [3.63, 3.8) is 0 Å². The Balaban J connectivity index is 1.63. The van der Waals surface area contributed by atoms with Crippen LogP contribution in [0.5, 0.6) is 0 Å². The Labute approximate surface area is 167 Å². The first-order valence-corrected chi connectivity index (χ1v) is 10.4. The van der Waals surface area contributed by atoms with Crippen molar-refractivity contribution in [2.24, 2.45) is 17.8 Å². The lowest BCUT2D eigenvalue weighted by atomic mass is 9.90. The number of rotatable bonds is 8. The van der Waals surface area contributed by atoms with E-state index in [1.165, 1.54) is 5.56 Å². The van der Waals surface area contributed by atoms with Gasteiger partial charge in [-0.3, -0.25) is 4.79 Å². The highest BCUT2D eigenvalue weighted by Gasteiger charge is 2.43. The van der Waals surface area contributed by atoms with E-state index in [0.717, 1.165) is 13.1 Å². The number of hydrogen-bond donors (Lipinski definition) is 4. The molecule has 2 aliphatic heterocycles. The molecule has 0 aromatic heterocycles. The molecule has 4 N–H and O–H groups in total. The lowest BCUT2D eigenvalue weighted by Crippen LogP contribution is -2.47. The topological polar surface area (TPSA) is 88.1 Å². The summed E-state index contributed by atoms with van der Waals surface area (Å²) in [4.78, 5) is 17.3. The molecule has 2 saturated heterocycles. The Morgan fingerprint density at radius 3 is 2.54 bits per heavy atom. The fourth-order valence-electron chi connectivity index (χ4n) is 4.55. The Kier molecular flexibility index (Phi) is 7.42. The van der Waals surface area contributed by atoms with Crippen molar-refractivity contribution in [2.75, 3.05) is 45.9 Å². The van der Waals surface area contributed by atoms with Crippen molar-refractivity contribution >= 4 is 5.91 Å². The van der Waals surface area contributed by atoms with Gasteiger partial charge in [0, 0.05) is 44.6 Å². The molecule has 2 aliphatic rings. The van der Waals surface area contributed by atoms with E-state index in [2.05, 4.69) is 41.7 Å². The SMILES string of the molecule is CCN(CCO)C[C@@H]1CN(C(=O)C2NNC(c3ccccc3)C2C)C[C@@H]1CO. The molecule has 7 heteroatoms. The van der Waals surface area contributed by atoms with Crippen LogP contribution in [0, 0.1) is 17.8 Å². The van der Waals surface area contributed by atoms with Crippen molar-refractivity contribution in [3.05, 3.63) is 35.9 Å². The van der Waals surface area contributed by atoms with Crippen LogP contribution in [0.2, 0.25) is 0 Å². The number of carbonyl (C=O) groups excluding carboxylic acids is 1. The maximum absolute atomic E-state index is 13.2. The summed E-state index contributed by atoms with van der Waals surface area (Å²) in [5, 5.41) is 19.1. The number of hydrogen-bond acceptors (Lipinski definition) is 6. The lowest BCUT2D eigenvalue weighted by molar-refractivity contribution is -0.133. The first-order valence-electron chi connectivity index (χ1n) is 10.4. The molecule has 2 fully saturated rings. The van der Waals surface area contributed by atoms with Crippen LogP contribution in [-0.4, -0.2) is 77.9 Å². The van der Waals surface area contributed by atoms with E-state index in [1.807, 2.05) is 23.1 Å². The third-order valence-electron chi connectivity index (χ3n) is 6.35. The number of carbonyl (C=O) groups is 1. The minimum Gasteiger partial charge on any atom is -0.396 e. The number of likely N-dealkylation sites (tertiary alicyclic amines) is 1. The predicted octanol–water partition coefficient (Wildman–Crippen LogP) is 0.221. The number of aliphatic hydroxyl groups is 2. The standard InChI is InChI=1S/C21H34N4O3/c1-3-24(9-10-26)11-17-12-25(13-18(17)14-27)21(28)20-15(2)19(22-23-20)16-7-5-4-6-8-16/h4-8,15,17-20,22-23,26-27H,3,9-14H2,1-2H3/t15?,17-,18-,19?,20?/m1/s1. The van der Waals surface area contributed by atoms with Gasteiger partial charge in [-0.25, -0.2) is 10.9 Å². The fourth-order valence-corrected chi connectivity index (χ4v) is 4.55. The second-order valence-electron chi connectivity index (χ2n) is 8.08. The summed E-state index contributed by atoms with van der Waals surface area (Å²) >= 11 is 0. The predicted molar refractivity (Wildman–Crippen MR) is 108 cm³/mol. The Hall–Kier alpha value is -1.51. The molecule has 1 amide bonds. The minimum atomic E-state index is -0.275. The first kappa shape index (κ1) is 21.2. The number of likely N-dealkylation sites (N-methyl/N-ethyl adjacent to an activating group) is 1. The molecule has 0 bridgehead atoms. The molecular weight excluding hydrogens is 356 g/mol. The third kappa shape index (κ3) is 4.55. The summed E-state index contributed by atoms with van der Waals surface area (Å²) in [6, 6.07) is 10.0. The summed E-state index contributed by atoms with van der Waals surface area (Å²) in [6.45, 7) is 7.92. The molecule has 1 aromatic carbocycles. The Bertz CT molecular complexity index is 629. The minimum absolute atomic E-state index is 0.0870. The molecule has 0 saturated carbocycles. The third-order valence-corrected chi connectivity index (χ3v) is 6.35. The van der Waals surface area contributed by atoms with Gasteiger partial charge in [-0.05, 0) is 18.0 Å². The van der Waals surface area contributed by atoms with E-state index < -0.39 is 0 Å². The van der Waals surface area contributed by atoms with E-state index in [-0.39, 0.29) is 49.0 Å². The average Bonchev–Trinajstić information content (AvgIpc) is 3.31. The molecule has 2 heterocycles. The molecule has 156 valence electrons. The Morgan fingerprint density at radius 2 is 1.89 bits per heavy atom. The second kappa shape index (κ2) is 9.80. The number of aliphatic hydroxyl groups excluding tert-OH is 2. The van der Waals surface area contributed by atoms with Crippen LogP contribution in [0.1, 0.15) is 25.5 Å². The van der Waals surface area contributed by atoms with E-state index in [4.69, 9.17) is 0 Å². The molecule has 3 rings (SSSR count). The number of amides is 1. The van der Waals surface area contributed by atoms with Crippen LogP contribution in [-0.2, 0) is 4.79 Å². The monoisotopic (exact) mass is 390 g/mol. The molecular formula is C21H34N4O3. The van der Waals surface area contributed by atoms with Gasteiger partial charge >= 0.3 is 0 Å². The molecule has 28 heavy (non-hydrogen) atoms. The van der Waals surface area contributed by atoms with Gasteiger partial charge in [0.05, 0.1) is 12.6 Å². The van der Waals surface area contributed by atoms with Gasteiger partial charge in [-0.15, -0.1) is 0 Å². The number of benzene rings is 1. The van der Waals surface area contributed by atoms with Crippen LogP contribution < -0.4 is 10.9 Å². The zero-order chi connectivity index (χ0) is 20.1. The molecule has 1 aromatic rings. The van der Waals surface area contributed by atoms with Crippen LogP contribution >= 0.6 is 0 Å². The summed E-state index contributed by atoms with van der Waals surface area (Å²) in [5.41, 5.74) is 7.67. The van der Waals surface area contributed by atoms with Crippen molar-refractivity contribution in [2.45, 2.75) is 25.9 Å². The van der Waals surface area contributed by atoms with Gasteiger partial charge < -0.3 is 20.0 Å². The van der Waals surface area contributed by atoms with Gasteiger partial charge in [0.2, 0.25) is 5.91 Å². The van der Waals surface area contributed by atoms with Crippen LogP contribution in [0.25, 0.3) is 0 Å².